The van der Waals surface area contributed by atoms with E-state index in [1.165, 1.54) is 10.7 Å². The molecule has 2 aromatic rings. The Morgan fingerprint density at radius 2 is 1.86 bits per heavy atom. The van der Waals surface area contributed by atoms with E-state index in [2.05, 4.69) is 15.7 Å². The van der Waals surface area contributed by atoms with Crippen LogP contribution in [0.4, 0.5) is 0 Å². The zero-order valence-electron chi connectivity index (χ0n) is 21.4. The van der Waals surface area contributed by atoms with Gasteiger partial charge in [0.15, 0.2) is 17.2 Å². The first-order valence-electron chi connectivity index (χ1n) is 12.5. The number of aromatic nitrogens is 2. The van der Waals surface area contributed by atoms with E-state index in [-0.39, 0.29) is 36.6 Å². The molecule has 1 fully saturated rings. The van der Waals surface area contributed by atoms with Gasteiger partial charge in [0.25, 0.3) is 11.8 Å². The molecule has 1 aromatic heterocycles. The van der Waals surface area contributed by atoms with Crippen molar-refractivity contribution >= 4 is 17.7 Å². The molecule has 0 bridgehead atoms. The van der Waals surface area contributed by atoms with E-state index in [0.29, 0.717) is 30.2 Å². The number of benzene rings is 1. The SMILES string of the molecule is CCCN1C(=O)c2cc(C(=O)NCc3ccc(OC)c(OC)c3)nn2C[C@@]1(C)C(=O)NC1CCCC1. The molecule has 194 valence electrons. The lowest BCUT2D eigenvalue weighted by Crippen LogP contribution is -2.65. The third-order valence-electron chi connectivity index (χ3n) is 7.06. The summed E-state index contributed by atoms with van der Waals surface area (Å²) in [6, 6.07) is 7.04. The van der Waals surface area contributed by atoms with Crippen LogP contribution in [0.5, 0.6) is 11.5 Å². The van der Waals surface area contributed by atoms with Crippen molar-refractivity contribution in [3.8, 4) is 11.5 Å². The van der Waals surface area contributed by atoms with Crippen LogP contribution in [0, 0.1) is 0 Å². The quantitative estimate of drug-likeness (QED) is 0.550. The first-order valence-corrected chi connectivity index (χ1v) is 12.5. The standard InChI is InChI=1S/C26H35N5O5/c1-5-12-30-24(33)20-14-19(23(32)27-15-17-10-11-21(35-3)22(13-17)36-4)29-31(20)16-26(30,2)25(34)28-18-8-6-7-9-18/h10-11,13-14,18H,5-9,12,15-16H2,1-4H3,(H,27,32)(H,28,34)/t26-/m0/s1. The Balaban J connectivity index is 1.51. The number of methoxy groups -OCH3 is 2. The van der Waals surface area contributed by atoms with Gasteiger partial charge in [-0.2, -0.15) is 5.10 Å². The van der Waals surface area contributed by atoms with E-state index >= 15 is 0 Å². The van der Waals surface area contributed by atoms with Crippen LogP contribution in [0.1, 0.15) is 72.5 Å². The zero-order chi connectivity index (χ0) is 25.9. The molecule has 10 nitrogen and oxygen atoms in total. The fraction of sp³-hybridized carbons (Fsp3) is 0.538. The van der Waals surface area contributed by atoms with Gasteiger partial charge in [0.2, 0.25) is 5.91 Å². The van der Waals surface area contributed by atoms with Crippen LogP contribution in [-0.4, -0.2) is 64.7 Å². The van der Waals surface area contributed by atoms with Crippen molar-refractivity contribution in [2.75, 3.05) is 20.8 Å². The second kappa shape index (κ2) is 10.6. The molecule has 1 saturated carbocycles. The van der Waals surface area contributed by atoms with E-state index in [0.717, 1.165) is 31.2 Å². The van der Waals surface area contributed by atoms with E-state index in [9.17, 15) is 14.4 Å². The monoisotopic (exact) mass is 497 g/mol. The van der Waals surface area contributed by atoms with Crippen molar-refractivity contribution in [1.82, 2.24) is 25.3 Å². The van der Waals surface area contributed by atoms with Gasteiger partial charge in [-0.15, -0.1) is 0 Å². The number of carbonyl (C=O) groups excluding carboxylic acids is 3. The average molecular weight is 498 g/mol. The lowest BCUT2D eigenvalue weighted by Gasteiger charge is -2.43. The van der Waals surface area contributed by atoms with Crippen LogP contribution in [-0.2, 0) is 17.9 Å². The number of amides is 3. The van der Waals surface area contributed by atoms with Crippen LogP contribution in [0.15, 0.2) is 24.3 Å². The largest absolute Gasteiger partial charge is 0.493 e. The second-order valence-electron chi connectivity index (χ2n) is 9.63. The summed E-state index contributed by atoms with van der Waals surface area (Å²) in [7, 11) is 3.11. The molecule has 10 heteroatoms. The topological polar surface area (TPSA) is 115 Å². The van der Waals surface area contributed by atoms with Crippen LogP contribution in [0.3, 0.4) is 0 Å². The molecule has 1 aromatic carbocycles. The summed E-state index contributed by atoms with van der Waals surface area (Å²) in [6.45, 7) is 4.64. The fourth-order valence-electron chi connectivity index (χ4n) is 5.00. The first kappa shape index (κ1) is 25.5. The summed E-state index contributed by atoms with van der Waals surface area (Å²) in [5.41, 5.74) is 0.190. The van der Waals surface area contributed by atoms with Gasteiger partial charge in [-0.05, 0) is 43.9 Å². The van der Waals surface area contributed by atoms with Crippen molar-refractivity contribution in [3.05, 3.63) is 41.2 Å². The highest BCUT2D eigenvalue weighted by molar-refractivity contribution is 6.02. The third kappa shape index (κ3) is 4.89. The molecule has 1 aliphatic heterocycles. The predicted molar refractivity (Wildman–Crippen MR) is 133 cm³/mol. The Hall–Kier alpha value is -3.56. The Labute approximate surface area is 211 Å². The van der Waals surface area contributed by atoms with Crippen LogP contribution < -0.4 is 20.1 Å². The second-order valence-corrected chi connectivity index (χ2v) is 9.63. The van der Waals surface area contributed by atoms with E-state index in [1.807, 2.05) is 13.0 Å². The minimum absolute atomic E-state index is 0.135. The smallest absolute Gasteiger partial charge is 0.273 e. The van der Waals surface area contributed by atoms with Crippen molar-refractivity contribution < 1.29 is 23.9 Å². The Bertz CT molecular complexity index is 1140. The summed E-state index contributed by atoms with van der Waals surface area (Å²) >= 11 is 0. The predicted octanol–water partition coefficient (Wildman–Crippen LogP) is 2.51. The molecule has 4 rings (SSSR count). The van der Waals surface area contributed by atoms with E-state index in [4.69, 9.17) is 9.47 Å². The maximum Gasteiger partial charge on any atom is 0.273 e. The Morgan fingerprint density at radius 3 is 2.53 bits per heavy atom. The summed E-state index contributed by atoms with van der Waals surface area (Å²) in [5.74, 6) is 0.303. The average Bonchev–Trinajstić information content (AvgIpc) is 3.55. The molecular formula is C26H35N5O5. The highest BCUT2D eigenvalue weighted by Crippen LogP contribution is 2.30. The molecule has 36 heavy (non-hydrogen) atoms. The number of carbonyl (C=O) groups is 3. The van der Waals surface area contributed by atoms with Gasteiger partial charge in [-0.1, -0.05) is 25.8 Å². The van der Waals surface area contributed by atoms with Crippen molar-refractivity contribution in [1.29, 1.82) is 0 Å². The maximum atomic E-state index is 13.4. The zero-order valence-corrected chi connectivity index (χ0v) is 21.4. The van der Waals surface area contributed by atoms with Gasteiger partial charge in [0.05, 0.1) is 20.8 Å². The minimum Gasteiger partial charge on any atom is -0.493 e. The van der Waals surface area contributed by atoms with Gasteiger partial charge in [0, 0.05) is 25.2 Å². The highest BCUT2D eigenvalue weighted by Gasteiger charge is 2.48. The van der Waals surface area contributed by atoms with Crippen molar-refractivity contribution in [2.24, 2.45) is 0 Å². The van der Waals surface area contributed by atoms with Gasteiger partial charge < -0.3 is 25.0 Å². The summed E-state index contributed by atoms with van der Waals surface area (Å²) in [4.78, 5) is 41.3. The Kier molecular flexibility index (Phi) is 7.51. The number of hydrogen-bond acceptors (Lipinski definition) is 6. The number of nitrogens with one attached hydrogen (secondary N) is 2. The molecule has 1 atom stereocenters. The summed E-state index contributed by atoms with van der Waals surface area (Å²) < 4.78 is 12.1. The van der Waals surface area contributed by atoms with Gasteiger partial charge in [-0.3, -0.25) is 19.1 Å². The summed E-state index contributed by atoms with van der Waals surface area (Å²) in [5, 5.41) is 10.4. The molecular weight excluding hydrogens is 462 g/mol. The lowest BCUT2D eigenvalue weighted by molar-refractivity contribution is -0.133. The number of hydrogen-bond donors (Lipinski definition) is 2. The molecule has 2 heterocycles. The van der Waals surface area contributed by atoms with Gasteiger partial charge in [0.1, 0.15) is 11.2 Å². The molecule has 2 aliphatic rings. The number of nitrogens with zero attached hydrogens (tertiary/aromatic N) is 3. The number of fused-ring (bicyclic) bond motifs is 1. The molecule has 0 saturated heterocycles. The van der Waals surface area contributed by atoms with E-state index in [1.54, 1.807) is 38.2 Å². The lowest BCUT2D eigenvalue weighted by atomic mass is 9.94. The normalized spacial score (nSPS) is 19.7. The van der Waals surface area contributed by atoms with Crippen LogP contribution >= 0.6 is 0 Å². The third-order valence-corrected chi connectivity index (χ3v) is 7.06. The first-order chi connectivity index (χ1) is 17.3. The summed E-state index contributed by atoms with van der Waals surface area (Å²) in [6.07, 6.45) is 4.83. The molecule has 1 aliphatic carbocycles. The number of ether oxygens (including phenoxy) is 2. The molecule has 3 amide bonds. The van der Waals surface area contributed by atoms with Gasteiger partial charge >= 0.3 is 0 Å². The van der Waals surface area contributed by atoms with Crippen LogP contribution in [0.2, 0.25) is 0 Å². The number of rotatable bonds is 9. The van der Waals surface area contributed by atoms with Crippen molar-refractivity contribution in [2.45, 2.75) is 70.6 Å². The molecule has 2 N–H and O–H groups in total. The highest BCUT2D eigenvalue weighted by atomic mass is 16.5. The molecule has 0 spiro atoms. The molecule has 0 unspecified atom stereocenters. The maximum absolute atomic E-state index is 13.4. The van der Waals surface area contributed by atoms with Gasteiger partial charge in [-0.25, -0.2) is 0 Å². The molecule has 0 radical (unpaired) electrons. The van der Waals surface area contributed by atoms with Crippen molar-refractivity contribution in [3.63, 3.8) is 0 Å². The fourth-order valence-corrected chi connectivity index (χ4v) is 5.00. The Morgan fingerprint density at radius 1 is 1.14 bits per heavy atom. The van der Waals surface area contributed by atoms with Crippen LogP contribution in [0.25, 0.3) is 0 Å². The van der Waals surface area contributed by atoms with E-state index < -0.39 is 11.4 Å². The minimum atomic E-state index is -1.08.